The van der Waals surface area contributed by atoms with Gasteiger partial charge in [0.15, 0.2) is 0 Å². The van der Waals surface area contributed by atoms with E-state index >= 15 is 0 Å². The fraction of sp³-hybridized carbons (Fsp3) is 0.500. The highest BCUT2D eigenvalue weighted by Crippen LogP contribution is 2.34. The number of piperidine rings is 1. The van der Waals surface area contributed by atoms with Crippen LogP contribution in [-0.2, 0) is 6.54 Å². The fourth-order valence-electron chi connectivity index (χ4n) is 2.33. The minimum absolute atomic E-state index is 0.162. The molecule has 0 spiro atoms. The SMILES string of the molecule is CSC1(C#N)CCN(Cc2cccc(Cl)c2)CC1. The summed E-state index contributed by atoms with van der Waals surface area (Å²) in [7, 11) is 0. The molecule has 2 nitrogen and oxygen atoms in total. The molecule has 1 saturated heterocycles. The van der Waals surface area contributed by atoms with Crippen LogP contribution in [0.25, 0.3) is 0 Å². The highest BCUT2D eigenvalue weighted by atomic mass is 35.5. The summed E-state index contributed by atoms with van der Waals surface area (Å²) in [6.45, 7) is 2.90. The Labute approximate surface area is 118 Å². The molecule has 1 fully saturated rings. The number of likely N-dealkylation sites (tertiary alicyclic amines) is 1. The van der Waals surface area contributed by atoms with Crippen LogP contribution in [0.1, 0.15) is 18.4 Å². The third-order valence-electron chi connectivity index (χ3n) is 3.55. The molecular weight excluding hydrogens is 264 g/mol. The molecule has 1 aromatic carbocycles. The standard InChI is InChI=1S/C14H17ClN2S/c1-18-14(11-16)5-7-17(8-6-14)10-12-3-2-4-13(15)9-12/h2-4,9H,5-8,10H2,1H3. The molecule has 2 rings (SSSR count). The molecule has 0 aliphatic carbocycles. The topological polar surface area (TPSA) is 27.0 Å². The summed E-state index contributed by atoms with van der Waals surface area (Å²) in [5, 5.41) is 10.0. The molecule has 0 bridgehead atoms. The van der Waals surface area contributed by atoms with E-state index in [2.05, 4.69) is 17.0 Å². The minimum Gasteiger partial charge on any atom is -0.299 e. The lowest BCUT2D eigenvalue weighted by Gasteiger charge is -2.36. The van der Waals surface area contributed by atoms with E-state index < -0.39 is 0 Å². The monoisotopic (exact) mass is 280 g/mol. The smallest absolute Gasteiger partial charge is 0.104 e. The maximum absolute atomic E-state index is 9.25. The average molecular weight is 281 g/mol. The van der Waals surface area contributed by atoms with Crippen molar-refractivity contribution < 1.29 is 0 Å². The number of rotatable bonds is 3. The van der Waals surface area contributed by atoms with E-state index in [1.54, 1.807) is 11.8 Å². The largest absolute Gasteiger partial charge is 0.299 e. The Morgan fingerprint density at radius 1 is 1.44 bits per heavy atom. The number of thioether (sulfide) groups is 1. The third kappa shape index (κ3) is 3.20. The molecular formula is C14H17ClN2S. The van der Waals surface area contributed by atoms with Crippen molar-refractivity contribution in [1.29, 1.82) is 5.26 Å². The summed E-state index contributed by atoms with van der Waals surface area (Å²) < 4.78 is -0.162. The van der Waals surface area contributed by atoms with Gasteiger partial charge in [-0.2, -0.15) is 5.26 Å². The van der Waals surface area contributed by atoms with Gasteiger partial charge >= 0.3 is 0 Å². The summed E-state index contributed by atoms with van der Waals surface area (Å²) in [5.74, 6) is 0. The maximum Gasteiger partial charge on any atom is 0.104 e. The highest BCUT2D eigenvalue weighted by Gasteiger charge is 2.33. The summed E-state index contributed by atoms with van der Waals surface area (Å²) in [5.41, 5.74) is 1.25. The molecule has 96 valence electrons. The van der Waals surface area contributed by atoms with Gasteiger partial charge in [-0.3, -0.25) is 4.90 Å². The first-order valence-corrected chi connectivity index (χ1v) is 7.71. The number of hydrogen-bond donors (Lipinski definition) is 0. The van der Waals surface area contributed by atoms with Gasteiger partial charge in [-0.25, -0.2) is 0 Å². The van der Waals surface area contributed by atoms with Crippen molar-refractivity contribution in [3.8, 4) is 6.07 Å². The Morgan fingerprint density at radius 3 is 2.72 bits per heavy atom. The zero-order chi connectivity index (χ0) is 13.0. The molecule has 0 radical (unpaired) electrons. The van der Waals surface area contributed by atoms with E-state index in [0.29, 0.717) is 0 Å². The number of halogens is 1. The van der Waals surface area contributed by atoms with Crippen LogP contribution in [0.3, 0.4) is 0 Å². The zero-order valence-electron chi connectivity index (χ0n) is 10.5. The van der Waals surface area contributed by atoms with Gasteiger partial charge in [0.25, 0.3) is 0 Å². The van der Waals surface area contributed by atoms with Gasteiger partial charge in [-0.15, -0.1) is 11.8 Å². The van der Waals surface area contributed by atoms with Crippen molar-refractivity contribution in [3.63, 3.8) is 0 Å². The van der Waals surface area contributed by atoms with Gasteiger partial charge in [0, 0.05) is 24.7 Å². The van der Waals surface area contributed by atoms with Crippen LogP contribution in [-0.4, -0.2) is 29.0 Å². The van der Waals surface area contributed by atoms with Crippen molar-refractivity contribution in [2.45, 2.75) is 24.1 Å². The quantitative estimate of drug-likeness (QED) is 0.847. The lowest BCUT2D eigenvalue weighted by molar-refractivity contribution is 0.209. The molecule has 0 N–H and O–H groups in total. The molecule has 1 aliphatic rings. The zero-order valence-corrected chi connectivity index (χ0v) is 12.1. The number of nitrogens with zero attached hydrogens (tertiary/aromatic N) is 2. The average Bonchev–Trinajstić information content (AvgIpc) is 2.40. The Hall–Kier alpha value is -0.690. The maximum atomic E-state index is 9.25. The fourth-order valence-corrected chi connectivity index (χ4v) is 3.22. The van der Waals surface area contributed by atoms with Crippen molar-refractivity contribution >= 4 is 23.4 Å². The van der Waals surface area contributed by atoms with Crippen molar-refractivity contribution in [2.24, 2.45) is 0 Å². The van der Waals surface area contributed by atoms with Crippen LogP contribution in [0.5, 0.6) is 0 Å². The molecule has 0 amide bonds. The number of benzene rings is 1. The van der Waals surface area contributed by atoms with Crippen molar-refractivity contribution in [3.05, 3.63) is 34.9 Å². The highest BCUT2D eigenvalue weighted by molar-refractivity contribution is 8.00. The van der Waals surface area contributed by atoms with Crippen molar-refractivity contribution in [1.82, 2.24) is 4.90 Å². The number of nitriles is 1. The van der Waals surface area contributed by atoms with E-state index in [4.69, 9.17) is 11.6 Å². The van der Waals surface area contributed by atoms with Gasteiger partial charge in [0.05, 0.1) is 6.07 Å². The predicted molar refractivity (Wildman–Crippen MR) is 77.8 cm³/mol. The van der Waals surface area contributed by atoms with E-state index in [1.165, 1.54) is 5.56 Å². The second kappa shape index (κ2) is 5.97. The van der Waals surface area contributed by atoms with Crippen LogP contribution < -0.4 is 0 Å². The summed E-state index contributed by atoms with van der Waals surface area (Å²) in [6.07, 6.45) is 3.94. The molecule has 4 heteroatoms. The molecule has 0 unspecified atom stereocenters. The van der Waals surface area contributed by atoms with E-state index in [0.717, 1.165) is 37.5 Å². The Morgan fingerprint density at radius 2 is 2.17 bits per heavy atom. The van der Waals surface area contributed by atoms with Crippen LogP contribution in [0.15, 0.2) is 24.3 Å². The van der Waals surface area contributed by atoms with Crippen LogP contribution in [0, 0.1) is 11.3 Å². The van der Waals surface area contributed by atoms with Crippen LogP contribution >= 0.6 is 23.4 Å². The first-order chi connectivity index (χ1) is 8.67. The molecule has 0 atom stereocenters. The van der Waals surface area contributed by atoms with E-state index in [9.17, 15) is 5.26 Å². The molecule has 1 aliphatic heterocycles. The van der Waals surface area contributed by atoms with Gasteiger partial charge < -0.3 is 0 Å². The van der Waals surface area contributed by atoms with Crippen LogP contribution in [0.2, 0.25) is 5.02 Å². The molecule has 18 heavy (non-hydrogen) atoms. The van der Waals surface area contributed by atoms with Crippen molar-refractivity contribution in [2.75, 3.05) is 19.3 Å². The predicted octanol–water partition coefficient (Wildman–Crippen LogP) is 3.56. The third-order valence-corrected chi connectivity index (χ3v) is 5.07. The summed E-state index contributed by atoms with van der Waals surface area (Å²) in [4.78, 5) is 2.40. The first kappa shape index (κ1) is 13.7. The molecule has 1 aromatic rings. The normalized spacial score (nSPS) is 19.4. The second-order valence-corrected chi connectivity index (χ2v) is 6.34. The Bertz CT molecular complexity index is 447. The number of hydrogen-bond acceptors (Lipinski definition) is 3. The van der Waals surface area contributed by atoms with E-state index in [1.807, 2.05) is 24.5 Å². The van der Waals surface area contributed by atoms with Gasteiger partial charge in [-0.05, 0) is 36.8 Å². The Kier molecular flexibility index (Phi) is 4.55. The molecule has 0 saturated carbocycles. The minimum atomic E-state index is -0.162. The second-order valence-electron chi connectivity index (χ2n) is 4.72. The lowest BCUT2D eigenvalue weighted by Crippen LogP contribution is -2.41. The molecule has 1 heterocycles. The lowest BCUT2D eigenvalue weighted by atomic mass is 9.97. The summed E-state index contributed by atoms with van der Waals surface area (Å²) in [6, 6.07) is 10.5. The Balaban J connectivity index is 1.93. The van der Waals surface area contributed by atoms with Gasteiger partial charge in [-0.1, -0.05) is 23.7 Å². The molecule has 0 aromatic heterocycles. The van der Waals surface area contributed by atoms with Crippen LogP contribution in [0.4, 0.5) is 0 Å². The van der Waals surface area contributed by atoms with Gasteiger partial charge in [0.1, 0.15) is 4.75 Å². The summed E-state index contributed by atoms with van der Waals surface area (Å²) >= 11 is 7.68. The van der Waals surface area contributed by atoms with E-state index in [-0.39, 0.29) is 4.75 Å². The van der Waals surface area contributed by atoms with Gasteiger partial charge in [0.2, 0.25) is 0 Å². The first-order valence-electron chi connectivity index (χ1n) is 6.11.